The van der Waals surface area contributed by atoms with Gasteiger partial charge in [-0.2, -0.15) is 0 Å². The molecule has 0 atom stereocenters. The number of aromatic nitrogens is 1. The molecule has 0 radical (unpaired) electrons. The van der Waals surface area contributed by atoms with Crippen LogP contribution in [0.25, 0.3) is 10.8 Å². The number of nitrogens with zero attached hydrogens (tertiary/aromatic N) is 1. The first-order valence-corrected chi connectivity index (χ1v) is 10.7. The van der Waals surface area contributed by atoms with Crippen molar-refractivity contribution in [1.29, 1.82) is 0 Å². The Morgan fingerprint density at radius 3 is 2.57 bits per heavy atom. The van der Waals surface area contributed by atoms with Gasteiger partial charge >= 0.3 is 0 Å². The molecule has 0 bridgehead atoms. The van der Waals surface area contributed by atoms with Crippen LogP contribution < -0.4 is 15.4 Å². The second-order valence-corrected chi connectivity index (χ2v) is 7.99. The summed E-state index contributed by atoms with van der Waals surface area (Å²) in [6.07, 6.45) is 1.62. The van der Waals surface area contributed by atoms with E-state index in [1.165, 1.54) is 11.3 Å². The highest BCUT2D eigenvalue weighted by atomic mass is 79.9. The molecule has 0 aliphatic carbocycles. The van der Waals surface area contributed by atoms with E-state index in [0.717, 1.165) is 15.2 Å². The minimum Gasteiger partial charge on any atom is -0.483 e. The summed E-state index contributed by atoms with van der Waals surface area (Å²) in [6, 6.07) is 18.3. The van der Waals surface area contributed by atoms with Crippen LogP contribution in [0.15, 0.2) is 76.7 Å². The van der Waals surface area contributed by atoms with Gasteiger partial charge in [-0.05, 0) is 57.0 Å². The lowest BCUT2D eigenvalue weighted by atomic mass is 10.1. The molecule has 30 heavy (non-hydrogen) atoms. The fourth-order valence-electron chi connectivity index (χ4n) is 2.82. The quantitative estimate of drug-likeness (QED) is 0.390. The van der Waals surface area contributed by atoms with E-state index in [9.17, 15) is 9.59 Å². The predicted octanol–water partition coefficient (Wildman–Crippen LogP) is 5.33. The lowest BCUT2D eigenvalue weighted by Gasteiger charge is -2.11. The first-order valence-electron chi connectivity index (χ1n) is 9.01. The number of carbonyl (C=O) groups is 2. The largest absolute Gasteiger partial charge is 0.483 e. The monoisotopic (exact) mass is 481 g/mol. The molecule has 4 rings (SSSR count). The van der Waals surface area contributed by atoms with E-state index in [4.69, 9.17) is 4.74 Å². The summed E-state index contributed by atoms with van der Waals surface area (Å²) in [5.41, 5.74) is 1.05. The van der Waals surface area contributed by atoms with E-state index in [-0.39, 0.29) is 18.4 Å². The number of fused-ring (bicyclic) bond motifs is 1. The molecule has 0 saturated heterocycles. The number of amides is 2. The maximum Gasteiger partial charge on any atom is 0.262 e. The summed E-state index contributed by atoms with van der Waals surface area (Å²) in [5.74, 6) is 0.0421. The Hall–Kier alpha value is -3.23. The molecule has 0 saturated carbocycles. The Kier molecular flexibility index (Phi) is 6.06. The highest BCUT2D eigenvalue weighted by Crippen LogP contribution is 2.33. The fraction of sp³-hybridized carbons (Fsp3) is 0.0455. The zero-order valence-electron chi connectivity index (χ0n) is 15.6. The number of anilines is 2. The molecular weight excluding hydrogens is 466 g/mol. The molecular formula is C22H16BrN3O3S. The van der Waals surface area contributed by atoms with Crippen molar-refractivity contribution in [2.45, 2.75) is 0 Å². The molecule has 0 aliphatic heterocycles. The topological polar surface area (TPSA) is 80.3 Å². The molecule has 6 nitrogen and oxygen atoms in total. The summed E-state index contributed by atoms with van der Waals surface area (Å²) in [6.45, 7) is -0.136. The SMILES string of the molecule is O=C(COc1ccc2ccccc2c1Br)Nc1ccc(C(=O)Nc2nccs2)cc1. The Balaban J connectivity index is 1.34. The molecule has 150 valence electrons. The normalized spacial score (nSPS) is 10.6. The average molecular weight is 482 g/mol. The van der Waals surface area contributed by atoms with E-state index in [0.29, 0.717) is 22.1 Å². The number of ether oxygens (including phenoxy) is 1. The van der Waals surface area contributed by atoms with Crippen LogP contribution in [0.4, 0.5) is 10.8 Å². The minimum absolute atomic E-state index is 0.136. The van der Waals surface area contributed by atoms with Gasteiger partial charge in [-0.15, -0.1) is 11.3 Å². The van der Waals surface area contributed by atoms with Gasteiger partial charge < -0.3 is 10.1 Å². The van der Waals surface area contributed by atoms with Crippen LogP contribution >= 0.6 is 27.3 Å². The van der Waals surface area contributed by atoms with Gasteiger partial charge in [0.05, 0.1) is 4.47 Å². The number of hydrogen-bond acceptors (Lipinski definition) is 5. The number of thiazole rings is 1. The standard InChI is InChI=1S/C22H16BrN3O3S/c23-20-17-4-2-1-3-14(17)7-10-18(20)29-13-19(27)25-16-8-5-15(6-9-16)21(28)26-22-24-11-12-30-22/h1-12H,13H2,(H,25,27)(H,24,26,28). The molecule has 8 heteroatoms. The summed E-state index contributed by atoms with van der Waals surface area (Å²) >= 11 is 4.89. The Labute approximate surface area is 185 Å². The third kappa shape index (κ3) is 4.67. The Morgan fingerprint density at radius 2 is 1.80 bits per heavy atom. The summed E-state index contributed by atoms with van der Waals surface area (Å²) in [7, 11) is 0. The third-order valence-electron chi connectivity index (χ3n) is 4.27. The number of nitrogens with one attached hydrogen (secondary N) is 2. The van der Waals surface area contributed by atoms with Crippen molar-refractivity contribution >= 4 is 60.7 Å². The van der Waals surface area contributed by atoms with Gasteiger partial charge in [-0.3, -0.25) is 14.9 Å². The van der Waals surface area contributed by atoms with Crippen molar-refractivity contribution in [2.24, 2.45) is 0 Å². The van der Waals surface area contributed by atoms with Crippen molar-refractivity contribution in [3.05, 3.63) is 82.3 Å². The number of halogens is 1. The van der Waals surface area contributed by atoms with Gasteiger partial charge in [0.15, 0.2) is 11.7 Å². The number of benzene rings is 3. The zero-order valence-corrected chi connectivity index (χ0v) is 18.0. The van der Waals surface area contributed by atoms with Gasteiger partial charge in [-0.1, -0.05) is 30.3 Å². The van der Waals surface area contributed by atoms with Gasteiger partial charge in [-0.25, -0.2) is 4.98 Å². The van der Waals surface area contributed by atoms with Crippen molar-refractivity contribution < 1.29 is 14.3 Å². The Morgan fingerprint density at radius 1 is 1.00 bits per heavy atom. The molecule has 4 aromatic rings. The van der Waals surface area contributed by atoms with Crippen molar-refractivity contribution in [3.63, 3.8) is 0 Å². The predicted molar refractivity (Wildman–Crippen MR) is 122 cm³/mol. The molecule has 2 amide bonds. The number of carbonyl (C=O) groups excluding carboxylic acids is 2. The van der Waals surface area contributed by atoms with Crippen LogP contribution in [-0.2, 0) is 4.79 Å². The van der Waals surface area contributed by atoms with E-state index in [2.05, 4.69) is 31.5 Å². The van der Waals surface area contributed by atoms with Crippen LogP contribution in [0.5, 0.6) is 5.75 Å². The molecule has 3 aromatic carbocycles. The second kappa shape index (κ2) is 9.06. The molecule has 0 spiro atoms. The lowest BCUT2D eigenvalue weighted by Crippen LogP contribution is -2.20. The maximum atomic E-state index is 12.3. The van der Waals surface area contributed by atoms with E-state index < -0.39 is 0 Å². The lowest BCUT2D eigenvalue weighted by molar-refractivity contribution is -0.118. The molecule has 1 aromatic heterocycles. The van der Waals surface area contributed by atoms with Crippen LogP contribution in [0.2, 0.25) is 0 Å². The van der Waals surface area contributed by atoms with Crippen LogP contribution in [0, 0.1) is 0 Å². The molecule has 0 aliphatic rings. The minimum atomic E-state index is -0.296. The van der Waals surface area contributed by atoms with Gasteiger partial charge in [0.2, 0.25) is 0 Å². The number of rotatable bonds is 6. The van der Waals surface area contributed by atoms with Crippen LogP contribution in [0.1, 0.15) is 10.4 Å². The van der Waals surface area contributed by atoms with E-state index in [1.54, 1.807) is 35.8 Å². The summed E-state index contributed by atoms with van der Waals surface area (Å²) in [5, 5.41) is 9.89. The molecule has 0 unspecified atom stereocenters. The van der Waals surface area contributed by atoms with Gasteiger partial charge in [0.1, 0.15) is 5.75 Å². The second-order valence-electron chi connectivity index (χ2n) is 6.30. The molecule has 1 heterocycles. The highest BCUT2D eigenvalue weighted by Gasteiger charge is 2.10. The Bertz CT molecular complexity index is 1190. The van der Waals surface area contributed by atoms with E-state index >= 15 is 0 Å². The smallest absolute Gasteiger partial charge is 0.262 e. The van der Waals surface area contributed by atoms with Crippen molar-refractivity contribution in [1.82, 2.24) is 4.98 Å². The van der Waals surface area contributed by atoms with Crippen molar-refractivity contribution in [3.8, 4) is 5.75 Å². The summed E-state index contributed by atoms with van der Waals surface area (Å²) in [4.78, 5) is 28.4. The van der Waals surface area contributed by atoms with Gasteiger partial charge in [0, 0.05) is 22.8 Å². The first kappa shape index (κ1) is 20.1. The summed E-state index contributed by atoms with van der Waals surface area (Å²) < 4.78 is 6.48. The van der Waals surface area contributed by atoms with Crippen LogP contribution in [-0.4, -0.2) is 23.4 Å². The maximum absolute atomic E-state index is 12.3. The highest BCUT2D eigenvalue weighted by molar-refractivity contribution is 9.10. The number of hydrogen-bond donors (Lipinski definition) is 2. The molecule has 0 fully saturated rings. The van der Waals surface area contributed by atoms with Crippen molar-refractivity contribution in [2.75, 3.05) is 17.2 Å². The third-order valence-corrected chi connectivity index (χ3v) is 5.78. The average Bonchev–Trinajstić information content (AvgIpc) is 3.27. The fourth-order valence-corrected chi connectivity index (χ4v) is 3.96. The van der Waals surface area contributed by atoms with Gasteiger partial charge in [0.25, 0.3) is 11.8 Å². The zero-order chi connectivity index (χ0) is 20.9. The first-order chi connectivity index (χ1) is 14.6. The molecule has 2 N–H and O–H groups in total. The van der Waals surface area contributed by atoms with Crippen LogP contribution in [0.3, 0.4) is 0 Å². The van der Waals surface area contributed by atoms with E-state index in [1.807, 2.05) is 36.4 Å².